The van der Waals surface area contributed by atoms with Crippen LogP contribution < -0.4 is 5.32 Å². The summed E-state index contributed by atoms with van der Waals surface area (Å²) in [5, 5.41) is 7.88. The van der Waals surface area contributed by atoms with Gasteiger partial charge in [-0.1, -0.05) is 30.3 Å². The number of aromatic nitrogens is 4. The van der Waals surface area contributed by atoms with Crippen molar-refractivity contribution in [2.75, 3.05) is 5.32 Å². The Hall–Kier alpha value is -2.50. The molecule has 0 radical (unpaired) electrons. The van der Waals surface area contributed by atoms with Crippen molar-refractivity contribution in [1.82, 2.24) is 19.7 Å². The summed E-state index contributed by atoms with van der Waals surface area (Å²) in [5.74, 6) is 0.458. The van der Waals surface area contributed by atoms with Crippen molar-refractivity contribution in [1.29, 1.82) is 0 Å². The summed E-state index contributed by atoms with van der Waals surface area (Å²) in [5.41, 5.74) is 1.57. The summed E-state index contributed by atoms with van der Waals surface area (Å²) >= 11 is 0. The normalized spacial score (nSPS) is 10.8. The Morgan fingerprint density at radius 1 is 1.21 bits per heavy atom. The zero-order chi connectivity index (χ0) is 13.2. The first-order valence-electron chi connectivity index (χ1n) is 5.87. The monoisotopic (exact) mass is 257 g/mol. The number of hydrogen-bond acceptors (Lipinski definition) is 4. The zero-order valence-corrected chi connectivity index (χ0v) is 10.3. The van der Waals surface area contributed by atoms with Crippen LogP contribution in [-0.2, 0) is 13.6 Å². The van der Waals surface area contributed by atoms with Gasteiger partial charge in [-0.3, -0.25) is 4.68 Å². The van der Waals surface area contributed by atoms with Crippen molar-refractivity contribution < 1.29 is 4.39 Å². The van der Waals surface area contributed by atoms with Crippen LogP contribution in [0.3, 0.4) is 0 Å². The Balaban J connectivity index is 1.92. The third-order valence-corrected chi connectivity index (χ3v) is 2.87. The predicted molar refractivity (Wildman–Crippen MR) is 70.0 cm³/mol. The Morgan fingerprint density at radius 2 is 2.00 bits per heavy atom. The van der Waals surface area contributed by atoms with Crippen LogP contribution in [0.2, 0.25) is 0 Å². The summed E-state index contributed by atoms with van der Waals surface area (Å²) in [4.78, 5) is 7.52. The van der Waals surface area contributed by atoms with Crippen molar-refractivity contribution in [2.24, 2.45) is 7.05 Å². The number of rotatable bonds is 3. The van der Waals surface area contributed by atoms with Crippen LogP contribution in [0, 0.1) is 6.08 Å². The molecule has 6 heteroatoms. The minimum atomic E-state index is -0.758. The SMILES string of the molecule is Cn1ncc2c(NCc3ccccc3)nc(F)nc21. The van der Waals surface area contributed by atoms with Crippen LogP contribution >= 0.6 is 0 Å². The molecule has 0 spiro atoms. The van der Waals surface area contributed by atoms with Gasteiger partial charge in [-0.2, -0.15) is 19.5 Å². The molecule has 0 aliphatic carbocycles. The summed E-state index contributed by atoms with van der Waals surface area (Å²) in [7, 11) is 1.72. The molecular formula is C13H12FN5. The summed E-state index contributed by atoms with van der Waals surface area (Å²) in [6.07, 6.45) is 0.869. The van der Waals surface area contributed by atoms with E-state index in [2.05, 4.69) is 20.4 Å². The van der Waals surface area contributed by atoms with E-state index in [0.717, 1.165) is 5.56 Å². The molecule has 1 aromatic carbocycles. The number of benzene rings is 1. The molecule has 0 bridgehead atoms. The Labute approximate surface area is 109 Å². The second-order valence-corrected chi connectivity index (χ2v) is 4.19. The van der Waals surface area contributed by atoms with Crippen molar-refractivity contribution in [3.63, 3.8) is 0 Å². The minimum Gasteiger partial charge on any atom is -0.365 e. The first kappa shape index (κ1) is 11.6. The summed E-state index contributed by atoms with van der Waals surface area (Å²) < 4.78 is 14.9. The van der Waals surface area contributed by atoms with Crippen molar-refractivity contribution in [2.45, 2.75) is 6.54 Å². The van der Waals surface area contributed by atoms with Gasteiger partial charge in [0.2, 0.25) is 0 Å². The van der Waals surface area contributed by atoms with Crippen molar-refractivity contribution in [3.8, 4) is 0 Å². The second-order valence-electron chi connectivity index (χ2n) is 4.19. The molecule has 0 saturated heterocycles. The number of halogens is 1. The van der Waals surface area contributed by atoms with Gasteiger partial charge in [0, 0.05) is 13.6 Å². The average molecular weight is 257 g/mol. The standard InChI is InChI=1S/C13H12FN5/c1-19-12-10(8-16-19)11(17-13(14)18-12)15-7-9-5-3-2-4-6-9/h2-6,8H,7H2,1H3,(H,15,17,18). The first-order chi connectivity index (χ1) is 9.24. The van der Waals surface area contributed by atoms with E-state index < -0.39 is 6.08 Å². The molecule has 1 N–H and O–H groups in total. The number of hydrogen-bond donors (Lipinski definition) is 1. The van der Waals surface area contributed by atoms with Crippen LogP contribution in [0.25, 0.3) is 11.0 Å². The smallest absolute Gasteiger partial charge is 0.312 e. The van der Waals surface area contributed by atoms with Gasteiger partial charge in [0.15, 0.2) is 5.65 Å². The molecule has 0 atom stereocenters. The highest BCUT2D eigenvalue weighted by Gasteiger charge is 2.10. The number of aryl methyl sites for hydroxylation is 1. The van der Waals surface area contributed by atoms with Crippen LogP contribution in [-0.4, -0.2) is 19.7 Å². The van der Waals surface area contributed by atoms with Crippen molar-refractivity contribution in [3.05, 3.63) is 48.2 Å². The lowest BCUT2D eigenvalue weighted by Crippen LogP contribution is -2.05. The predicted octanol–water partition coefficient (Wildman–Crippen LogP) is 2.11. The van der Waals surface area contributed by atoms with Gasteiger partial charge in [-0.05, 0) is 5.56 Å². The second kappa shape index (κ2) is 4.64. The maximum absolute atomic E-state index is 13.4. The van der Waals surface area contributed by atoms with Crippen LogP contribution in [0.5, 0.6) is 0 Å². The maximum atomic E-state index is 13.4. The molecule has 0 amide bonds. The van der Waals surface area contributed by atoms with Crippen molar-refractivity contribution >= 4 is 16.9 Å². The third kappa shape index (κ3) is 2.24. The highest BCUT2D eigenvalue weighted by atomic mass is 19.1. The lowest BCUT2D eigenvalue weighted by Gasteiger charge is -2.06. The highest BCUT2D eigenvalue weighted by molar-refractivity contribution is 5.85. The molecule has 0 aliphatic rings. The molecule has 3 rings (SSSR count). The number of fused-ring (bicyclic) bond motifs is 1. The quantitative estimate of drug-likeness (QED) is 0.730. The number of nitrogens with one attached hydrogen (secondary N) is 1. The van der Waals surface area contributed by atoms with E-state index in [1.54, 1.807) is 13.2 Å². The van der Waals surface area contributed by atoms with Crippen LogP contribution in [0.1, 0.15) is 5.56 Å². The lowest BCUT2D eigenvalue weighted by atomic mass is 10.2. The topological polar surface area (TPSA) is 55.6 Å². The molecule has 0 saturated carbocycles. The molecule has 0 unspecified atom stereocenters. The van der Waals surface area contributed by atoms with Crippen LogP contribution in [0.4, 0.5) is 10.2 Å². The van der Waals surface area contributed by atoms with E-state index >= 15 is 0 Å². The first-order valence-corrected chi connectivity index (χ1v) is 5.87. The molecule has 2 aromatic heterocycles. The van der Waals surface area contributed by atoms with Gasteiger partial charge in [0.1, 0.15) is 5.82 Å². The largest absolute Gasteiger partial charge is 0.365 e. The Morgan fingerprint density at radius 3 is 2.79 bits per heavy atom. The number of anilines is 1. The fourth-order valence-electron chi connectivity index (χ4n) is 1.91. The van der Waals surface area contributed by atoms with E-state index in [-0.39, 0.29) is 0 Å². The molecule has 0 aliphatic heterocycles. The third-order valence-electron chi connectivity index (χ3n) is 2.87. The van der Waals surface area contributed by atoms with E-state index in [9.17, 15) is 4.39 Å². The van der Waals surface area contributed by atoms with E-state index in [4.69, 9.17) is 0 Å². The molecular weight excluding hydrogens is 245 g/mol. The molecule has 0 fully saturated rings. The van der Waals surface area contributed by atoms with Gasteiger partial charge in [-0.25, -0.2) is 0 Å². The summed E-state index contributed by atoms with van der Waals surface area (Å²) in [6, 6.07) is 9.84. The van der Waals surface area contributed by atoms with E-state index in [0.29, 0.717) is 23.4 Å². The highest BCUT2D eigenvalue weighted by Crippen LogP contribution is 2.19. The van der Waals surface area contributed by atoms with Gasteiger partial charge < -0.3 is 5.32 Å². The zero-order valence-electron chi connectivity index (χ0n) is 10.3. The Kier molecular flexibility index (Phi) is 2.83. The van der Waals surface area contributed by atoms with Crippen LogP contribution in [0.15, 0.2) is 36.5 Å². The molecule has 96 valence electrons. The van der Waals surface area contributed by atoms with E-state index in [1.807, 2.05) is 30.3 Å². The lowest BCUT2D eigenvalue weighted by molar-refractivity contribution is 0.542. The van der Waals surface area contributed by atoms with Gasteiger partial charge in [-0.15, -0.1) is 0 Å². The van der Waals surface area contributed by atoms with Gasteiger partial charge in [0.05, 0.1) is 11.6 Å². The summed E-state index contributed by atoms with van der Waals surface area (Å²) in [6.45, 7) is 0.571. The maximum Gasteiger partial charge on any atom is 0.312 e. The van der Waals surface area contributed by atoms with E-state index in [1.165, 1.54) is 4.68 Å². The fourth-order valence-corrected chi connectivity index (χ4v) is 1.91. The van der Waals surface area contributed by atoms with Gasteiger partial charge in [0.25, 0.3) is 0 Å². The van der Waals surface area contributed by atoms with Gasteiger partial charge >= 0.3 is 6.08 Å². The molecule has 3 aromatic rings. The minimum absolute atomic E-state index is 0.458. The fraction of sp³-hybridized carbons (Fsp3) is 0.154. The average Bonchev–Trinajstić information content (AvgIpc) is 2.79. The molecule has 19 heavy (non-hydrogen) atoms. The molecule has 2 heterocycles. The molecule has 5 nitrogen and oxygen atoms in total. The Bertz CT molecular complexity index is 708. The number of nitrogens with zero attached hydrogens (tertiary/aromatic N) is 4.